The lowest BCUT2D eigenvalue weighted by Crippen LogP contribution is -2.56. The second-order valence-electron chi connectivity index (χ2n) is 7.78. The van der Waals surface area contributed by atoms with Crippen molar-refractivity contribution in [3.8, 4) is 11.5 Å². The van der Waals surface area contributed by atoms with Crippen molar-refractivity contribution in [2.75, 3.05) is 20.8 Å². The van der Waals surface area contributed by atoms with Gasteiger partial charge in [-0.3, -0.25) is 9.78 Å². The number of nitrogens with zero attached hydrogens (tertiary/aromatic N) is 2. The number of imide groups is 1. The topological polar surface area (TPSA) is 146 Å². The summed E-state index contributed by atoms with van der Waals surface area (Å²) in [6.07, 6.45) is 1.48. The summed E-state index contributed by atoms with van der Waals surface area (Å²) in [6, 6.07) is 14.6. The molecule has 0 bridgehead atoms. The van der Waals surface area contributed by atoms with Gasteiger partial charge in [0.2, 0.25) is 5.78 Å². The zero-order valence-electron chi connectivity index (χ0n) is 19.1. The Balaban J connectivity index is 2.01. The Labute approximate surface area is 201 Å². The van der Waals surface area contributed by atoms with Gasteiger partial charge < -0.3 is 20.3 Å². The van der Waals surface area contributed by atoms with E-state index in [0.29, 0.717) is 5.56 Å². The molecule has 35 heavy (non-hydrogen) atoms. The number of carbonyl (C=O) groups is 4. The van der Waals surface area contributed by atoms with Crippen LogP contribution in [-0.4, -0.2) is 59.0 Å². The molecule has 0 saturated heterocycles. The monoisotopic (exact) mass is 478 g/mol. The van der Waals surface area contributed by atoms with Crippen LogP contribution in [0.4, 0.5) is 4.79 Å². The Morgan fingerprint density at radius 1 is 1.00 bits per heavy atom. The number of hydrogen-bond donors (Lipinski definition) is 2. The van der Waals surface area contributed by atoms with Crippen LogP contribution >= 0.6 is 0 Å². The standard InChI is InChI=1S/C25H23N3O7/c1-28(25(26)33,14-16-7-3-4-9-21(16)35-15-22(29)30)24(32)18-11-17(12-19(13-18)34-2)23(31)20-8-5-6-10-27-20/h3-13H,14-15H2,1-2H3,(H2-,26,29,30,33)/p+1. The summed E-state index contributed by atoms with van der Waals surface area (Å²) in [4.78, 5) is 54.1. The summed E-state index contributed by atoms with van der Waals surface area (Å²) in [5.74, 6) is -1.87. The van der Waals surface area contributed by atoms with Crippen LogP contribution in [0.3, 0.4) is 0 Å². The second-order valence-corrected chi connectivity index (χ2v) is 7.78. The number of aliphatic carboxylic acids is 1. The number of quaternary nitrogens is 1. The van der Waals surface area contributed by atoms with Crippen LogP contribution in [0, 0.1) is 0 Å². The molecule has 3 rings (SSSR count). The molecule has 0 saturated carbocycles. The summed E-state index contributed by atoms with van der Waals surface area (Å²) >= 11 is 0. The first-order valence-corrected chi connectivity index (χ1v) is 10.4. The predicted molar refractivity (Wildman–Crippen MR) is 124 cm³/mol. The number of amides is 3. The van der Waals surface area contributed by atoms with Gasteiger partial charge in [-0.05, 0) is 42.5 Å². The maximum Gasteiger partial charge on any atom is 0.421 e. The number of methoxy groups -OCH3 is 1. The third-order valence-corrected chi connectivity index (χ3v) is 5.29. The van der Waals surface area contributed by atoms with Gasteiger partial charge in [-0.25, -0.2) is 14.4 Å². The summed E-state index contributed by atoms with van der Waals surface area (Å²) in [5, 5.41) is 8.92. The van der Waals surface area contributed by atoms with Crippen molar-refractivity contribution in [2.45, 2.75) is 6.54 Å². The van der Waals surface area contributed by atoms with Crippen LogP contribution in [0.1, 0.15) is 32.0 Å². The fourth-order valence-corrected chi connectivity index (χ4v) is 3.41. The summed E-state index contributed by atoms with van der Waals surface area (Å²) in [7, 11) is 2.72. The van der Waals surface area contributed by atoms with E-state index < -0.39 is 34.8 Å². The van der Waals surface area contributed by atoms with Crippen LogP contribution in [0.2, 0.25) is 0 Å². The lowest BCUT2D eigenvalue weighted by molar-refractivity contribution is -0.758. The number of ether oxygens (including phenoxy) is 2. The first-order valence-electron chi connectivity index (χ1n) is 10.4. The van der Waals surface area contributed by atoms with Crippen molar-refractivity contribution in [2.24, 2.45) is 5.73 Å². The van der Waals surface area contributed by atoms with Gasteiger partial charge in [0.15, 0.2) is 6.61 Å². The normalized spacial score (nSPS) is 12.3. The van der Waals surface area contributed by atoms with E-state index in [-0.39, 0.29) is 34.9 Å². The van der Waals surface area contributed by atoms with Crippen LogP contribution in [0.15, 0.2) is 66.9 Å². The highest BCUT2D eigenvalue weighted by molar-refractivity contribution is 6.09. The molecular weight excluding hydrogens is 454 g/mol. The van der Waals surface area contributed by atoms with E-state index >= 15 is 0 Å². The Morgan fingerprint density at radius 2 is 1.69 bits per heavy atom. The molecule has 0 aliphatic rings. The molecule has 0 fully saturated rings. The molecule has 0 spiro atoms. The number of aromatic nitrogens is 1. The largest absolute Gasteiger partial charge is 0.497 e. The third-order valence-electron chi connectivity index (χ3n) is 5.29. The molecule has 1 aromatic heterocycles. The minimum Gasteiger partial charge on any atom is -0.497 e. The van der Waals surface area contributed by atoms with Gasteiger partial charge in [0.1, 0.15) is 23.7 Å². The van der Waals surface area contributed by atoms with Gasteiger partial charge in [0.05, 0.1) is 19.7 Å². The molecule has 2 aromatic carbocycles. The number of pyridine rings is 1. The Kier molecular flexibility index (Phi) is 7.57. The number of primary amides is 1. The molecule has 10 nitrogen and oxygen atoms in total. The molecule has 1 unspecified atom stereocenters. The van der Waals surface area contributed by atoms with Crippen molar-refractivity contribution in [1.82, 2.24) is 4.98 Å². The first kappa shape index (κ1) is 25.1. The number of ketones is 1. The molecule has 1 heterocycles. The number of nitrogens with two attached hydrogens (primary N) is 1. The number of para-hydroxylation sites is 1. The number of rotatable bonds is 9. The van der Waals surface area contributed by atoms with Gasteiger partial charge in [-0.2, -0.15) is 4.48 Å². The molecular formula is C25H24N3O7+. The lowest BCUT2D eigenvalue weighted by Gasteiger charge is -2.27. The molecule has 1 atom stereocenters. The van der Waals surface area contributed by atoms with E-state index in [0.717, 1.165) is 0 Å². The maximum atomic E-state index is 13.6. The van der Waals surface area contributed by atoms with Crippen molar-refractivity contribution in [3.63, 3.8) is 0 Å². The Bertz CT molecular complexity index is 1280. The highest BCUT2D eigenvalue weighted by atomic mass is 16.5. The summed E-state index contributed by atoms with van der Waals surface area (Å²) in [6.45, 7) is -0.815. The smallest absolute Gasteiger partial charge is 0.421 e. The zero-order valence-corrected chi connectivity index (χ0v) is 19.1. The van der Waals surface area contributed by atoms with Gasteiger partial charge in [-0.1, -0.05) is 18.2 Å². The van der Waals surface area contributed by atoms with E-state index in [9.17, 15) is 19.2 Å². The summed E-state index contributed by atoms with van der Waals surface area (Å²) < 4.78 is 9.67. The molecule has 0 aliphatic heterocycles. The highest BCUT2D eigenvalue weighted by Gasteiger charge is 2.41. The molecule has 0 radical (unpaired) electrons. The average Bonchev–Trinajstić information content (AvgIpc) is 2.87. The lowest BCUT2D eigenvalue weighted by atomic mass is 10.0. The number of benzene rings is 2. The van der Waals surface area contributed by atoms with Gasteiger partial charge in [-0.15, -0.1) is 0 Å². The fraction of sp³-hybridized carbons (Fsp3) is 0.160. The minimum absolute atomic E-state index is 0.0221. The molecule has 3 N–H and O–H groups in total. The Morgan fingerprint density at radius 3 is 2.31 bits per heavy atom. The van der Waals surface area contributed by atoms with Crippen molar-refractivity contribution >= 4 is 23.7 Å². The number of carboxylic acid groups (broad SMARTS) is 1. The van der Waals surface area contributed by atoms with E-state index in [1.807, 2.05) is 0 Å². The minimum atomic E-state index is -1.18. The van der Waals surface area contributed by atoms with Crippen LogP contribution in [-0.2, 0) is 11.3 Å². The van der Waals surface area contributed by atoms with E-state index in [1.165, 1.54) is 44.6 Å². The predicted octanol–water partition coefficient (Wildman–Crippen LogP) is 2.65. The van der Waals surface area contributed by atoms with E-state index in [4.69, 9.17) is 20.3 Å². The van der Waals surface area contributed by atoms with E-state index in [1.54, 1.807) is 36.4 Å². The van der Waals surface area contributed by atoms with Crippen LogP contribution in [0.25, 0.3) is 0 Å². The molecule has 3 aromatic rings. The quantitative estimate of drug-likeness (QED) is 0.353. The SMILES string of the molecule is COc1cc(C(=O)c2ccccn2)cc(C(=O)[N+](C)(Cc2ccccc2OCC(=O)O)C(N)=O)c1. The third kappa shape index (κ3) is 5.68. The van der Waals surface area contributed by atoms with Crippen LogP contribution in [0.5, 0.6) is 11.5 Å². The molecule has 0 aliphatic carbocycles. The molecule has 180 valence electrons. The zero-order chi connectivity index (χ0) is 25.6. The van der Waals surface area contributed by atoms with Crippen molar-refractivity contribution in [1.29, 1.82) is 0 Å². The fourth-order valence-electron chi connectivity index (χ4n) is 3.41. The first-order chi connectivity index (χ1) is 16.7. The van der Waals surface area contributed by atoms with Crippen LogP contribution < -0.4 is 15.2 Å². The van der Waals surface area contributed by atoms with Gasteiger partial charge in [0, 0.05) is 17.3 Å². The summed E-state index contributed by atoms with van der Waals surface area (Å²) in [5.41, 5.74) is 6.40. The number of urea groups is 1. The average molecular weight is 478 g/mol. The molecule has 10 heteroatoms. The van der Waals surface area contributed by atoms with Gasteiger partial charge in [0.25, 0.3) is 0 Å². The number of hydrogen-bond acceptors (Lipinski definition) is 7. The van der Waals surface area contributed by atoms with Crippen molar-refractivity contribution in [3.05, 3.63) is 89.2 Å². The van der Waals surface area contributed by atoms with E-state index in [2.05, 4.69) is 4.98 Å². The second kappa shape index (κ2) is 10.6. The number of carbonyl (C=O) groups excluding carboxylic acids is 3. The number of carboxylic acids is 1. The molecule has 3 amide bonds. The van der Waals surface area contributed by atoms with Crippen molar-refractivity contribution < 1.29 is 38.2 Å². The highest BCUT2D eigenvalue weighted by Crippen LogP contribution is 2.27. The van der Waals surface area contributed by atoms with Gasteiger partial charge >= 0.3 is 17.9 Å². The maximum absolute atomic E-state index is 13.6. The Hall–Kier alpha value is -4.57.